The van der Waals surface area contributed by atoms with Crippen molar-refractivity contribution < 1.29 is 18.0 Å². The van der Waals surface area contributed by atoms with Crippen LogP contribution in [0.4, 0.5) is 19.0 Å². The Morgan fingerprint density at radius 1 is 0.806 bits per heavy atom. The molecular weight excluding hydrogens is 471 g/mol. The molecule has 5 rings (SSSR count). The van der Waals surface area contributed by atoms with Crippen LogP contribution in [0.25, 0.3) is 28.2 Å². The summed E-state index contributed by atoms with van der Waals surface area (Å²) in [5, 5.41) is 14.4. The van der Waals surface area contributed by atoms with Crippen molar-refractivity contribution in [1.29, 1.82) is 0 Å². The van der Waals surface area contributed by atoms with Crippen LogP contribution in [0.15, 0.2) is 91.5 Å². The molecule has 0 unspecified atom stereocenters. The zero-order valence-corrected chi connectivity index (χ0v) is 18.4. The maximum atomic E-state index is 13.7. The van der Waals surface area contributed by atoms with E-state index in [4.69, 9.17) is 0 Å². The van der Waals surface area contributed by atoms with Crippen molar-refractivity contribution in [1.82, 2.24) is 29.9 Å². The number of alkyl halides is 3. The monoisotopic (exact) mass is 487 g/mol. The summed E-state index contributed by atoms with van der Waals surface area (Å²) >= 11 is 0. The predicted octanol–water partition coefficient (Wildman–Crippen LogP) is 5.06. The number of amides is 1. The molecule has 0 aliphatic carbocycles. The number of anilines is 1. The number of carbonyl (C=O) groups excluding carboxylic acids is 1. The van der Waals surface area contributed by atoms with Gasteiger partial charge in [0.05, 0.1) is 5.69 Å². The van der Waals surface area contributed by atoms with Crippen LogP contribution < -0.4 is 5.32 Å². The topological polar surface area (TPSA) is 98.5 Å². The molecule has 4 heterocycles. The quantitative estimate of drug-likeness (QED) is 0.372. The lowest BCUT2D eigenvalue weighted by Crippen LogP contribution is -2.16. The zero-order valence-electron chi connectivity index (χ0n) is 18.4. The molecule has 8 nitrogen and oxygen atoms in total. The third-order valence-corrected chi connectivity index (χ3v) is 5.19. The van der Waals surface area contributed by atoms with Crippen LogP contribution in [0.3, 0.4) is 0 Å². The van der Waals surface area contributed by atoms with E-state index >= 15 is 0 Å². The number of benzene rings is 1. The minimum atomic E-state index is -4.68. The minimum Gasteiger partial charge on any atom is -0.305 e. The molecular formula is C25H16F3N7O. The first-order valence-electron chi connectivity index (χ1n) is 10.6. The number of nitrogens with zero attached hydrogens (tertiary/aromatic N) is 6. The second kappa shape index (κ2) is 9.37. The maximum Gasteiger partial charge on any atom is 0.433 e. The van der Waals surface area contributed by atoms with Gasteiger partial charge in [0.15, 0.2) is 17.3 Å². The van der Waals surface area contributed by atoms with E-state index in [-0.39, 0.29) is 17.3 Å². The summed E-state index contributed by atoms with van der Waals surface area (Å²) in [6, 6.07) is 17.4. The van der Waals surface area contributed by atoms with Gasteiger partial charge < -0.3 is 5.32 Å². The van der Waals surface area contributed by atoms with Crippen molar-refractivity contribution in [3.05, 3.63) is 103 Å². The summed E-state index contributed by atoms with van der Waals surface area (Å²) in [6.07, 6.45) is 1.59. The Bertz CT molecular complexity index is 1500. The molecule has 4 aromatic heterocycles. The van der Waals surface area contributed by atoms with Crippen molar-refractivity contribution in [3.8, 4) is 28.2 Å². The van der Waals surface area contributed by atoms with Gasteiger partial charge in [-0.3, -0.25) is 14.8 Å². The predicted molar refractivity (Wildman–Crippen MR) is 125 cm³/mol. The van der Waals surface area contributed by atoms with Gasteiger partial charge in [-0.05, 0) is 54.1 Å². The molecule has 0 saturated carbocycles. The molecule has 1 N–H and O–H groups in total. The van der Waals surface area contributed by atoms with Crippen LogP contribution in [0.1, 0.15) is 16.1 Å². The third kappa shape index (κ3) is 4.80. The average Bonchev–Trinajstić information content (AvgIpc) is 3.37. The number of carbonyl (C=O) groups is 1. The Morgan fingerprint density at radius 3 is 2.17 bits per heavy atom. The normalized spacial score (nSPS) is 11.3. The van der Waals surface area contributed by atoms with Gasteiger partial charge in [-0.2, -0.15) is 18.3 Å². The first-order valence-corrected chi connectivity index (χ1v) is 10.6. The molecule has 11 heteroatoms. The van der Waals surface area contributed by atoms with Crippen molar-refractivity contribution in [2.45, 2.75) is 6.18 Å². The number of pyridine rings is 2. The largest absolute Gasteiger partial charge is 0.433 e. The molecule has 0 bridgehead atoms. The van der Waals surface area contributed by atoms with Gasteiger partial charge in [-0.25, -0.2) is 4.68 Å². The van der Waals surface area contributed by atoms with Gasteiger partial charge in [-0.1, -0.05) is 18.2 Å². The van der Waals surface area contributed by atoms with Crippen LogP contribution in [0.5, 0.6) is 0 Å². The van der Waals surface area contributed by atoms with E-state index in [9.17, 15) is 18.0 Å². The van der Waals surface area contributed by atoms with Gasteiger partial charge >= 0.3 is 6.18 Å². The smallest absolute Gasteiger partial charge is 0.305 e. The van der Waals surface area contributed by atoms with E-state index in [0.29, 0.717) is 15.8 Å². The fourth-order valence-electron chi connectivity index (χ4n) is 3.48. The third-order valence-electron chi connectivity index (χ3n) is 5.19. The van der Waals surface area contributed by atoms with Crippen molar-refractivity contribution in [3.63, 3.8) is 0 Å². The molecule has 0 aliphatic rings. The highest BCUT2D eigenvalue weighted by Crippen LogP contribution is 2.33. The van der Waals surface area contributed by atoms with Crippen LogP contribution in [-0.2, 0) is 6.18 Å². The molecule has 36 heavy (non-hydrogen) atoms. The van der Waals surface area contributed by atoms with Crippen LogP contribution in [0, 0.1) is 0 Å². The number of hydrogen-bond donors (Lipinski definition) is 1. The zero-order chi connectivity index (χ0) is 25.1. The van der Waals surface area contributed by atoms with E-state index < -0.39 is 17.8 Å². The summed E-state index contributed by atoms with van der Waals surface area (Å²) in [5.74, 6) is -0.533. The fraction of sp³-hybridized carbons (Fsp3) is 0.0400. The Morgan fingerprint density at radius 2 is 1.53 bits per heavy atom. The van der Waals surface area contributed by atoms with Gasteiger partial charge in [0, 0.05) is 41.5 Å². The van der Waals surface area contributed by atoms with E-state index in [1.165, 1.54) is 24.5 Å². The minimum absolute atomic E-state index is 0.0729. The Kier molecular flexibility index (Phi) is 5.95. The van der Waals surface area contributed by atoms with Gasteiger partial charge in [-0.15, -0.1) is 10.2 Å². The lowest BCUT2D eigenvalue weighted by Gasteiger charge is -2.10. The molecule has 0 spiro atoms. The molecule has 0 saturated heterocycles. The number of halogens is 3. The second-order valence-corrected chi connectivity index (χ2v) is 7.62. The lowest BCUT2D eigenvalue weighted by atomic mass is 10.0. The fourth-order valence-corrected chi connectivity index (χ4v) is 3.48. The summed E-state index contributed by atoms with van der Waals surface area (Å²) in [6.45, 7) is 0. The van der Waals surface area contributed by atoms with Gasteiger partial charge in [0.25, 0.3) is 5.91 Å². The Hall–Kier alpha value is -4.93. The first-order chi connectivity index (χ1) is 17.4. The first kappa shape index (κ1) is 22.8. The Labute approximate surface area is 202 Å². The summed E-state index contributed by atoms with van der Waals surface area (Å²) in [4.78, 5) is 20.7. The van der Waals surface area contributed by atoms with Crippen LogP contribution in [0.2, 0.25) is 0 Å². The van der Waals surface area contributed by atoms with Crippen LogP contribution >= 0.6 is 0 Å². The summed E-state index contributed by atoms with van der Waals surface area (Å²) < 4.78 is 41.7. The molecule has 0 radical (unpaired) electrons. The van der Waals surface area contributed by atoms with Crippen molar-refractivity contribution in [2.24, 2.45) is 0 Å². The highest BCUT2D eigenvalue weighted by Gasteiger charge is 2.37. The van der Waals surface area contributed by atoms with Crippen molar-refractivity contribution >= 4 is 11.7 Å². The maximum absolute atomic E-state index is 13.7. The van der Waals surface area contributed by atoms with E-state index in [2.05, 4.69) is 30.6 Å². The molecule has 178 valence electrons. The summed E-state index contributed by atoms with van der Waals surface area (Å²) in [7, 11) is 0. The van der Waals surface area contributed by atoms with Crippen LogP contribution in [-0.4, -0.2) is 35.9 Å². The molecule has 0 aliphatic heterocycles. The number of aromatic nitrogens is 6. The van der Waals surface area contributed by atoms with E-state index in [1.54, 1.807) is 48.8 Å². The SMILES string of the molecule is O=C(Nc1ccc(-n2nc(-c3cccnc3)cc2C(F)(F)F)nn1)c1cccc(-c2cccnc2)c1. The number of nitrogens with one attached hydrogen (secondary N) is 1. The molecule has 0 fully saturated rings. The molecule has 1 aromatic carbocycles. The number of hydrogen-bond acceptors (Lipinski definition) is 6. The highest BCUT2D eigenvalue weighted by atomic mass is 19.4. The standard InChI is InChI=1S/C25H16F3N7O/c26-25(27,28)21-13-20(19-7-3-11-30-15-19)34-35(21)23-9-8-22(32-33-23)31-24(36)17-5-1-4-16(12-17)18-6-2-10-29-14-18/h1-15H,(H,31,32,36). The highest BCUT2D eigenvalue weighted by molar-refractivity contribution is 6.04. The molecule has 1 amide bonds. The number of rotatable bonds is 5. The van der Waals surface area contributed by atoms with E-state index in [1.807, 2.05) is 12.1 Å². The Balaban J connectivity index is 1.39. The summed E-state index contributed by atoms with van der Waals surface area (Å²) in [5.41, 5.74) is 1.52. The van der Waals surface area contributed by atoms with Gasteiger partial charge in [0.1, 0.15) is 0 Å². The van der Waals surface area contributed by atoms with Crippen molar-refractivity contribution in [2.75, 3.05) is 5.32 Å². The molecule has 0 atom stereocenters. The second-order valence-electron chi connectivity index (χ2n) is 7.62. The lowest BCUT2D eigenvalue weighted by molar-refractivity contribution is -0.142. The van der Waals surface area contributed by atoms with Gasteiger partial charge in [0.2, 0.25) is 0 Å². The van der Waals surface area contributed by atoms with E-state index in [0.717, 1.165) is 17.2 Å². The molecule has 5 aromatic rings. The average molecular weight is 487 g/mol.